The molecule has 0 aliphatic carbocycles. The maximum absolute atomic E-state index is 12.5. The lowest BCUT2D eigenvalue weighted by Crippen LogP contribution is -2.29. The number of non-ortho nitro benzene ring substituents is 1. The molecule has 0 saturated heterocycles. The minimum absolute atomic E-state index is 0.0471. The van der Waals surface area contributed by atoms with Crippen LogP contribution in [0, 0.1) is 10.1 Å². The third-order valence-corrected chi connectivity index (χ3v) is 5.18. The topological polar surface area (TPSA) is 93.4 Å². The molecular formula is C19H13N3O4S. The van der Waals surface area contributed by atoms with Gasteiger partial charge in [0.1, 0.15) is 0 Å². The number of hydrogen-bond acceptors (Lipinski definition) is 6. The third kappa shape index (κ3) is 3.22. The maximum atomic E-state index is 12.5. The molecule has 134 valence electrons. The Hall–Kier alpha value is -3.39. The molecule has 0 N–H and O–H groups in total. The van der Waals surface area contributed by atoms with Gasteiger partial charge in [-0.3, -0.25) is 24.6 Å². The number of benzene rings is 2. The van der Waals surface area contributed by atoms with Gasteiger partial charge in [-0.2, -0.15) is 0 Å². The molecule has 0 spiro atoms. The molecule has 2 aromatic carbocycles. The van der Waals surface area contributed by atoms with Gasteiger partial charge in [0.05, 0.1) is 33.3 Å². The van der Waals surface area contributed by atoms with Gasteiger partial charge in [-0.25, -0.2) is 4.98 Å². The molecule has 7 nitrogen and oxygen atoms in total. The first-order valence-electron chi connectivity index (χ1n) is 8.15. The lowest BCUT2D eigenvalue weighted by atomic mass is 10.1. The number of fused-ring (bicyclic) bond motifs is 1. The Morgan fingerprint density at radius 1 is 1.04 bits per heavy atom. The molecule has 0 fully saturated rings. The number of nitro benzene ring substituents is 1. The molecule has 1 aliphatic heterocycles. The second-order valence-electron chi connectivity index (χ2n) is 6.08. The molecule has 3 aromatic rings. The van der Waals surface area contributed by atoms with Gasteiger partial charge in [-0.05, 0) is 11.6 Å². The normalized spacial score (nSPS) is 13.1. The largest absolute Gasteiger partial charge is 0.270 e. The molecule has 0 radical (unpaired) electrons. The highest BCUT2D eigenvalue weighted by Gasteiger charge is 2.37. The Bertz CT molecular complexity index is 1060. The zero-order valence-corrected chi connectivity index (χ0v) is 14.8. The van der Waals surface area contributed by atoms with Crippen molar-refractivity contribution in [2.24, 2.45) is 0 Å². The summed E-state index contributed by atoms with van der Waals surface area (Å²) < 4.78 is 0. The monoisotopic (exact) mass is 379 g/mol. The average Bonchev–Trinajstić information content (AvgIpc) is 3.20. The summed E-state index contributed by atoms with van der Waals surface area (Å²) in [6.07, 6.45) is 0.680. The van der Waals surface area contributed by atoms with E-state index in [0.29, 0.717) is 12.1 Å². The summed E-state index contributed by atoms with van der Waals surface area (Å²) in [7, 11) is 0. The van der Waals surface area contributed by atoms with Crippen LogP contribution in [0.1, 0.15) is 37.0 Å². The smallest absolute Gasteiger partial charge is 0.269 e. The number of rotatable bonds is 5. The van der Waals surface area contributed by atoms with E-state index in [0.717, 1.165) is 21.5 Å². The van der Waals surface area contributed by atoms with Crippen LogP contribution < -0.4 is 0 Å². The first-order valence-corrected chi connectivity index (χ1v) is 9.03. The zero-order valence-electron chi connectivity index (χ0n) is 14.0. The fourth-order valence-corrected chi connectivity index (χ4v) is 3.79. The highest BCUT2D eigenvalue weighted by atomic mass is 32.1. The first kappa shape index (κ1) is 17.0. The summed E-state index contributed by atoms with van der Waals surface area (Å²) in [6, 6.07) is 13.6. The van der Waals surface area contributed by atoms with E-state index >= 15 is 0 Å². The maximum Gasteiger partial charge on any atom is 0.270 e. The summed E-state index contributed by atoms with van der Waals surface area (Å²) in [5, 5.41) is 13.6. The fraction of sp³-hybridized carbons (Fsp3) is 0.105. The van der Waals surface area contributed by atoms with Gasteiger partial charge in [0.25, 0.3) is 17.5 Å². The minimum atomic E-state index is -0.586. The van der Waals surface area contributed by atoms with Crippen molar-refractivity contribution in [3.63, 3.8) is 0 Å². The molecule has 4 rings (SSSR count). The lowest BCUT2D eigenvalue weighted by Gasteiger charge is -2.11. The van der Waals surface area contributed by atoms with Crippen molar-refractivity contribution in [3.8, 4) is 0 Å². The number of amides is 2. The van der Waals surface area contributed by atoms with Gasteiger partial charge >= 0.3 is 0 Å². The molecule has 8 heteroatoms. The van der Waals surface area contributed by atoms with Crippen LogP contribution in [-0.4, -0.2) is 26.6 Å². The van der Waals surface area contributed by atoms with Gasteiger partial charge in [0.2, 0.25) is 0 Å². The number of hydrogen-bond donors (Lipinski definition) is 0. The van der Waals surface area contributed by atoms with E-state index in [2.05, 4.69) is 4.98 Å². The molecule has 2 heterocycles. The molecule has 0 bridgehead atoms. The fourth-order valence-electron chi connectivity index (χ4n) is 2.97. The third-order valence-electron chi connectivity index (χ3n) is 4.28. The Balaban J connectivity index is 1.53. The summed E-state index contributed by atoms with van der Waals surface area (Å²) in [5.41, 5.74) is 1.79. The van der Waals surface area contributed by atoms with Crippen molar-refractivity contribution in [3.05, 3.63) is 91.4 Å². The molecule has 0 atom stereocenters. The van der Waals surface area contributed by atoms with Crippen molar-refractivity contribution < 1.29 is 14.5 Å². The van der Waals surface area contributed by atoms with Gasteiger partial charge in [-0.15, -0.1) is 11.3 Å². The van der Waals surface area contributed by atoms with Gasteiger partial charge in [-0.1, -0.05) is 30.3 Å². The molecule has 0 unspecified atom stereocenters. The molecular weight excluding hydrogens is 366 g/mol. The van der Waals surface area contributed by atoms with Crippen LogP contribution in [0.2, 0.25) is 0 Å². The second-order valence-corrected chi connectivity index (χ2v) is 7.02. The molecule has 0 saturated carbocycles. The molecule has 27 heavy (non-hydrogen) atoms. The first-order chi connectivity index (χ1) is 13.0. The van der Waals surface area contributed by atoms with Gasteiger partial charge in [0.15, 0.2) is 0 Å². The van der Waals surface area contributed by atoms with Crippen molar-refractivity contribution in [1.82, 2.24) is 9.88 Å². The van der Waals surface area contributed by atoms with E-state index in [1.807, 2.05) is 35.7 Å². The quantitative estimate of drug-likeness (QED) is 0.385. The zero-order chi connectivity index (χ0) is 19.0. The van der Waals surface area contributed by atoms with Crippen LogP contribution in [0.4, 0.5) is 5.69 Å². The SMILES string of the molecule is O=C1c2ccc([N+](=O)[O-])cc2C(=O)N1Cc1csc(Cc2ccccc2)n1. The highest BCUT2D eigenvalue weighted by molar-refractivity contribution is 7.09. The summed E-state index contributed by atoms with van der Waals surface area (Å²) in [5.74, 6) is -0.987. The lowest BCUT2D eigenvalue weighted by molar-refractivity contribution is -0.384. The van der Waals surface area contributed by atoms with E-state index in [4.69, 9.17) is 0 Å². The number of nitrogens with zero attached hydrogens (tertiary/aromatic N) is 3. The Labute approximate surface area is 158 Å². The average molecular weight is 379 g/mol. The second kappa shape index (κ2) is 6.73. The van der Waals surface area contributed by atoms with Crippen LogP contribution in [0.5, 0.6) is 0 Å². The Kier molecular flexibility index (Phi) is 4.25. The number of aromatic nitrogens is 1. The number of carbonyl (C=O) groups is 2. The number of nitro groups is 1. The van der Waals surface area contributed by atoms with Crippen molar-refractivity contribution in [1.29, 1.82) is 0 Å². The van der Waals surface area contributed by atoms with Crippen LogP contribution >= 0.6 is 11.3 Å². The molecule has 1 aliphatic rings. The van der Waals surface area contributed by atoms with E-state index in [1.165, 1.54) is 23.5 Å². The molecule has 1 aromatic heterocycles. The summed E-state index contributed by atoms with van der Waals surface area (Å²) in [6.45, 7) is 0.0471. The number of thiazole rings is 1. The summed E-state index contributed by atoms with van der Waals surface area (Å²) >= 11 is 1.47. The van der Waals surface area contributed by atoms with Crippen molar-refractivity contribution in [2.75, 3.05) is 0 Å². The predicted molar refractivity (Wildman–Crippen MR) is 98.7 cm³/mol. The number of imide groups is 1. The van der Waals surface area contributed by atoms with E-state index < -0.39 is 16.7 Å². The standard InChI is InChI=1S/C19H13N3O4S/c23-18-15-7-6-14(22(25)26)9-16(15)19(24)21(18)10-13-11-27-17(20-13)8-12-4-2-1-3-5-12/h1-7,9,11H,8,10H2. The molecule has 2 amide bonds. The highest BCUT2D eigenvalue weighted by Crippen LogP contribution is 2.28. The van der Waals surface area contributed by atoms with Crippen LogP contribution in [-0.2, 0) is 13.0 Å². The van der Waals surface area contributed by atoms with Crippen LogP contribution in [0.15, 0.2) is 53.9 Å². The van der Waals surface area contributed by atoms with Crippen LogP contribution in [0.25, 0.3) is 0 Å². The van der Waals surface area contributed by atoms with E-state index in [1.54, 1.807) is 0 Å². The van der Waals surface area contributed by atoms with Gasteiger partial charge < -0.3 is 0 Å². The van der Waals surface area contributed by atoms with E-state index in [-0.39, 0.29) is 23.4 Å². The van der Waals surface area contributed by atoms with Crippen molar-refractivity contribution in [2.45, 2.75) is 13.0 Å². The van der Waals surface area contributed by atoms with Crippen LogP contribution in [0.3, 0.4) is 0 Å². The minimum Gasteiger partial charge on any atom is -0.269 e. The van der Waals surface area contributed by atoms with E-state index in [9.17, 15) is 19.7 Å². The number of carbonyl (C=O) groups excluding carboxylic acids is 2. The summed E-state index contributed by atoms with van der Waals surface area (Å²) in [4.78, 5) is 40.9. The Morgan fingerprint density at radius 2 is 1.78 bits per heavy atom. The van der Waals surface area contributed by atoms with Crippen molar-refractivity contribution >= 4 is 28.8 Å². The van der Waals surface area contributed by atoms with Gasteiger partial charge in [0, 0.05) is 23.9 Å². The predicted octanol–water partition coefficient (Wildman–Crippen LogP) is 3.44. The Morgan fingerprint density at radius 3 is 2.52 bits per heavy atom.